The van der Waals surface area contributed by atoms with Gasteiger partial charge in [-0.05, 0) is 17.5 Å². The van der Waals surface area contributed by atoms with E-state index in [1.54, 1.807) is 13.4 Å². The van der Waals surface area contributed by atoms with Crippen LogP contribution in [-0.2, 0) is 30.8 Å². The predicted octanol–water partition coefficient (Wildman–Crippen LogP) is 1.33. The van der Waals surface area contributed by atoms with E-state index in [9.17, 15) is 4.79 Å². The van der Waals surface area contributed by atoms with Crippen molar-refractivity contribution in [3.63, 3.8) is 0 Å². The zero-order chi connectivity index (χ0) is 19.8. The molecule has 8 nitrogen and oxygen atoms in total. The number of carbonyl (C=O) groups is 1. The summed E-state index contributed by atoms with van der Waals surface area (Å²) in [5.74, 6) is 2.00. The number of aromatic nitrogens is 3. The first-order valence-corrected chi connectivity index (χ1v) is 9.86. The number of amides is 1. The van der Waals surface area contributed by atoms with E-state index in [-0.39, 0.29) is 5.91 Å². The van der Waals surface area contributed by atoms with Crippen LogP contribution in [0.5, 0.6) is 0 Å². The van der Waals surface area contributed by atoms with Gasteiger partial charge in [0.2, 0.25) is 5.91 Å². The normalized spacial score (nSPS) is 14.6. The van der Waals surface area contributed by atoms with E-state index in [4.69, 9.17) is 0 Å². The molecule has 1 saturated heterocycles. The third-order valence-corrected chi connectivity index (χ3v) is 4.88. The van der Waals surface area contributed by atoms with Gasteiger partial charge in [-0.1, -0.05) is 31.2 Å². The summed E-state index contributed by atoms with van der Waals surface area (Å²) in [6, 6.07) is 8.35. The lowest BCUT2D eigenvalue weighted by Gasteiger charge is -2.16. The van der Waals surface area contributed by atoms with Crippen LogP contribution in [0.1, 0.15) is 36.7 Å². The first-order valence-electron chi connectivity index (χ1n) is 9.86. The second kappa shape index (κ2) is 9.87. The van der Waals surface area contributed by atoms with Crippen LogP contribution in [0.4, 0.5) is 0 Å². The molecule has 3 rings (SSSR count). The van der Waals surface area contributed by atoms with Crippen LogP contribution in [0.2, 0.25) is 0 Å². The Morgan fingerprint density at radius 3 is 2.89 bits per heavy atom. The Balaban J connectivity index is 1.46. The number of carbonyl (C=O) groups excluding carboxylic acids is 1. The minimum absolute atomic E-state index is 0.257. The van der Waals surface area contributed by atoms with Gasteiger partial charge >= 0.3 is 0 Å². The smallest absolute Gasteiger partial charge is 0.222 e. The molecule has 2 N–H and O–H groups in total. The average Bonchev–Trinajstić information content (AvgIpc) is 3.33. The standard InChI is InChI=1S/C20H29N7O/c1-3-18-25-24-15-27(18)11-9-22-20(21-2)23-13-16-6-4-7-17(12-16)14-26-10-5-8-19(26)28/h4,6-7,12,15H,3,5,8-11,13-14H2,1-2H3,(H2,21,22,23). The Morgan fingerprint density at radius 2 is 2.14 bits per heavy atom. The highest BCUT2D eigenvalue weighted by molar-refractivity contribution is 5.79. The molecule has 0 unspecified atom stereocenters. The first kappa shape index (κ1) is 19.9. The van der Waals surface area contributed by atoms with Gasteiger partial charge in [-0.25, -0.2) is 0 Å². The summed E-state index contributed by atoms with van der Waals surface area (Å²) in [5.41, 5.74) is 2.33. The largest absolute Gasteiger partial charge is 0.355 e. The van der Waals surface area contributed by atoms with E-state index in [1.165, 1.54) is 5.56 Å². The zero-order valence-electron chi connectivity index (χ0n) is 16.7. The highest BCUT2D eigenvalue weighted by atomic mass is 16.2. The number of nitrogens with zero attached hydrogens (tertiary/aromatic N) is 5. The van der Waals surface area contributed by atoms with E-state index < -0.39 is 0 Å². The molecule has 28 heavy (non-hydrogen) atoms. The Kier molecular flexibility index (Phi) is 7.00. The Hall–Kier alpha value is -2.90. The number of hydrogen-bond acceptors (Lipinski definition) is 4. The van der Waals surface area contributed by atoms with Crippen molar-refractivity contribution in [1.82, 2.24) is 30.3 Å². The van der Waals surface area contributed by atoms with Crippen molar-refractivity contribution < 1.29 is 4.79 Å². The lowest BCUT2D eigenvalue weighted by atomic mass is 10.1. The molecule has 1 aromatic carbocycles. The zero-order valence-corrected chi connectivity index (χ0v) is 16.7. The Labute approximate surface area is 166 Å². The van der Waals surface area contributed by atoms with Crippen LogP contribution in [0, 0.1) is 0 Å². The number of rotatable bonds is 8. The molecule has 1 aliphatic rings. The minimum Gasteiger partial charge on any atom is -0.355 e. The Bertz CT molecular complexity index is 814. The number of likely N-dealkylation sites (tertiary alicyclic amines) is 1. The molecule has 0 bridgehead atoms. The van der Waals surface area contributed by atoms with Gasteiger partial charge in [-0.15, -0.1) is 10.2 Å². The molecule has 1 aliphatic heterocycles. The first-order chi connectivity index (χ1) is 13.7. The fraction of sp³-hybridized carbons (Fsp3) is 0.500. The van der Waals surface area contributed by atoms with Crippen LogP contribution in [0.25, 0.3) is 0 Å². The van der Waals surface area contributed by atoms with Crippen molar-refractivity contribution in [2.75, 3.05) is 20.1 Å². The van der Waals surface area contributed by atoms with Crippen molar-refractivity contribution >= 4 is 11.9 Å². The second-order valence-corrected chi connectivity index (χ2v) is 6.89. The number of hydrogen-bond donors (Lipinski definition) is 2. The van der Waals surface area contributed by atoms with Crippen molar-refractivity contribution in [1.29, 1.82) is 0 Å². The fourth-order valence-corrected chi connectivity index (χ4v) is 3.37. The lowest BCUT2D eigenvalue weighted by molar-refractivity contribution is -0.128. The SMILES string of the molecule is CCc1nncn1CCNC(=NC)NCc1cccc(CN2CCCC2=O)c1. The van der Waals surface area contributed by atoms with E-state index >= 15 is 0 Å². The third kappa shape index (κ3) is 5.31. The highest BCUT2D eigenvalue weighted by Gasteiger charge is 2.19. The number of nitrogens with one attached hydrogen (secondary N) is 2. The second-order valence-electron chi connectivity index (χ2n) is 6.89. The van der Waals surface area contributed by atoms with Gasteiger partial charge in [0.25, 0.3) is 0 Å². The maximum atomic E-state index is 11.8. The van der Waals surface area contributed by atoms with Crippen LogP contribution in [0.15, 0.2) is 35.6 Å². The van der Waals surface area contributed by atoms with Crippen LogP contribution in [-0.4, -0.2) is 51.7 Å². The monoisotopic (exact) mass is 383 g/mol. The van der Waals surface area contributed by atoms with Crippen LogP contribution >= 0.6 is 0 Å². The summed E-state index contributed by atoms with van der Waals surface area (Å²) in [6.45, 7) is 5.83. The third-order valence-electron chi connectivity index (χ3n) is 4.88. The molecule has 0 atom stereocenters. The van der Waals surface area contributed by atoms with Gasteiger partial charge in [0.1, 0.15) is 12.2 Å². The summed E-state index contributed by atoms with van der Waals surface area (Å²) in [5, 5.41) is 14.7. The molecule has 2 aromatic rings. The fourth-order valence-electron chi connectivity index (χ4n) is 3.37. The number of aryl methyl sites for hydroxylation is 1. The van der Waals surface area contributed by atoms with Gasteiger partial charge in [-0.3, -0.25) is 9.79 Å². The highest BCUT2D eigenvalue weighted by Crippen LogP contribution is 2.15. The van der Waals surface area contributed by atoms with Gasteiger partial charge in [-0.2, -0.15) is 0 Å². The van der Waals surface area contributed by atoms with E-state index in [0.717, 1.165) is 49.8 Å². The predicted molar refractivity (Wildman–Crippen MR) is 109 cm³/mol. The summed E-state index contributed by atoms with van der Waals surface area (Å²) < 4.78 is 2.05. The summed E-state index contributed by atoms with van der Waals surface area (Å²) >= 11 is 0. The molecular formula is C20H29N7O. The lowest BCUT2D eigenvalue weighted by Crippen LogP contribution is -2.38. The van der Waals surface area contributed by atoms with E-state index in [0.29, 0.717) is 19.5 Å². The molecule has 2 heterocycles. The maximum absolute atomic E-state index is 11.8. The molecule has 0 radical (unpaired) electrons. The summed E-state index contributed by atoms with van der Waals surface area (Å²) in [4.78, 5) is 18.0. The van der Waals surface area contributed by atoms with Gasteiger partial charge in [0.15, 0.2) is 5.96 Å². The van der Waals surface area contributed by atoms with Crippen molar-refractivity contribution in [2.24, 2.45) is 4.99 Å². The molecule has 1 aromatic heterocycles. The van der Waals surface area contributed by atoms with Crippen molar-refractivity contribution in [3.8, 4) is 0 Å². The molecule has 1 amide bonds. The Morgan fingerprint density at radius 1 is 1.29 bits per heavy atom. The molecule has 0 spiro atoms. The van der Waals surface area contributed by atoms with Crippen molar-refractivity contribution in [3.05, 3.63) is 47.5 Å². The number of benzene rings is 1. The molecular weight excluding hydrogens is 354 g/mol. The molecule has 8 heteroatoms. The molecule has 150 valence electrons. The van der Waals surface area contributed by atoms with Crippen LogP contribution in [0.3, 0.4) is 0 Å². The number of aliphatic imine (C=N–C) groups is 1. The van der Waals surface area contributed by atoms with Gasteiger partial charge < -0.3 is 20.1 Å². The van der Waals surface area contributed by atoms with Crippen LogP contribution < -0.4 is 10.6 Å². The molecule has 1 fully saturated rings. The topological polar surface area (TPSA) is 87.4 Å². The minimum atomic E-state index is 0.257. The maximum Gasteiger partial charge on any atom is 0.222 e. The van der Waals surface area contributed by atoms with E-state index in [2.05, 4.69) is 50.9 Å². The quantitative estimate of drug-likeness (QED) is 0.530. The van der Waals surface area contributed by atoms with Crippen molar-refractivity contribution in [2.45, 2.75) is 45.8 Å². The van der Waals surface area contributed by atoms with E-state index in [1.807, 2.05) is 15.5 Å². The molecule has 0 saturated carbocycles. The molecule has 0 aliphatic carbocycles. The average molecular weight is 384 g/mol. The summed E-state index contributed by atoms with van der Waals surface area (Å²) in [6.07, 6.45) is 4.27. The van der Waals surface area contributed by atoms with Gasteiger partial charge in [0, 0.05) is 52.6 Å². The summed E-state index contributed by atoms with van der Waals surface area (Å²) in [7, 11) is 1.76. The number of guanidine groups is 1. The van der Waals surface area contributed by atoms with Gasteiger partial charge in [0.05, 0.1) is 0 Å².